The lowest BCUT2D eigenvalue weighted by Crippen LogP contribution is -2.37. The van der Waals surface area contributed by atoms with Crippen LogP contribution in [0.5, 0.6) is 0 Å². The molecule has 3 N–H and O–H groups in total. The zero-order valence-corrected chi connectivity index (χ0v) is 10.6. The Labute approximate surface area is 105 Å². The van der Waals surface area contributed by atoms with Crippen molar-refractivity contribution in [3.05, 3.63) is 29.1 Å². The monoisotopic (exact) mass is 253 g/mol. The molecule has 0 bridgehead atoms. The molecule has 2 amide bonds. The van der Waals surface area contributed by atoms with Crippen molar-refractivity contribution in [2.45, 2.75) is 6.92 Å². The topological polar surface area (TPSA) is 75.4 Å². The number of benzene rings is 1. The number of anilines is 1. The van der Waals surface area contributed by atoms with Gasteiger partial charge in [-0.3, -0.25) is 9.59 Å². The van der Waals surface area contributed by atoms with Crippen LogP contribution in [0.15, 0.2) is 12.1 Å². The maximum atomic E-state index is 13.8. The van der Waals surface area contributed by atoms with Crippen molar-refractivity contribution in [2.24, 2.45) is 0 Å². The number of rotatable bonds is 3. The van der Waals surface area contributed by atoms with Crippen molar-refractivity contribution in [1.29, 1.82) is 0 Å². The van der Waals surface area contributed by atoms with Crippen LogP contribution in [-0.4, -0.2) is 37.4 Å². The number of likely N-dealkylation sites (N-methyl/N-ethyl adjacent to an activating group) is 2. The summed E-state index contributed by atoms with van der Waals surface area (Å²) in [6.07, 6.45) is 0. The number of nitrogens with zero attached hydrogens (tertiary/aromatic N) is 1. The number of hydrogen-bond acceptors (Lipinski definition) is 3. The molecule has 0 spiro atoms. The summed E-state index contributed by atoms with van der Waals surface area (Å²) in [6, 6.07) is 2.72. The first-order valence-corrected chi connectivity index (χ1v) is 5.38. The Kier molecular flexibility index (Phi) is 4.25. The number of amides is 2. The van der Waals surface area contributed by atoms with E-state index in [4.69, 9.17) is 5.73 Å². The summed E-state index contributed by atoms with van der Waals surface area (Å²) in [5.74, 6) is -1.52. The van der Waals surface area contributed by atoms with Gasteiger partial charge in [0.2, 0.25) is 5.91 Å². The van der Waals surface area contributed by atoms with Gasteiger partial charge in [0.25, 0.3) is 5.91 Å². The molecule has 6 heteroatoms. The number of carbonyl (C=O) groups is 2. The van der Waals surface area contributed by atoms with Crippen LogP contribution in [0.1, 0.15) is 15.9 Å². The fourth-order valence-electron chi connectivity index (χ4n) is 1.52. The van der Waals surface area contributed by atoms with Gasteiger partial charge in [-0.25, -0.2) is 4.39 Å². The van der Waals surface area contributed by atoms with Crippen LogP contribution in [-0.2, 0) is 4.79 Å². The average Bonchev–Trinajstić information content (AvgIpc) is 2.32. The molecule has 0 radical (unpaired) electrons. The van der Waals surface area contributed by atoms with Gasteiger partial charge < -0.3 is 16.0 Å². The zero-order chi connectivity index (χ0) is 13.9. The van der Waals surface area contributed by atoms with Crippen molar-refractivity contribution in [3.8, 4) is 0 Å². The molecule has 1 rings (SSSR count). The Morgan fingerprint density at radius 1 is 1.44 bits per heavy atom. The molecule has 0 aliphatic rings. The third-order valence-electron chi connectivity index (χ3n) is 2.51. The Balaban J connectivity index is 3.00. The molecule has 0 aliphatic heterocycles. The maximum absolute atomic E-state index is 13.8. The average molecular weight is 253 g/mol. The first-order valence-electron chi connectivity index (χ1n) is 5.38. The lowest BCUT2D eigenvalue weighted by Gasteiger charge is -2.17. The van der Waals surface area contributed by atoms with Crippen molar-refractivity contribution in [1.82, 2.24) is 10.2 Å². The predicted molar refractivity (Wildman–Crippen MR) is 66.6 cm³/mol. The van der Waals surface area contributed by atoms with Crippen LogP contribution < -0.4 is 11.1 Å². The SMILES string of the molecule is CNC(=O)CN(C)C(=O)c1cc(N)cc(C)c1F. The minimum Gasteiger partial charge on any atom is -0.399 e. The molecule has 0 unspecified atom stereocenters. The van der Waals surface area contributed by atoms with Gasteiger partial charge in [0.05, 0.1) is 12.1 Å². The molecule has 0 atom stereocenters. The molecule has 0 fully saturated rings. The second-order valence-corrected chi connectivity index (χ2v) is 4.03. The summed E-state index contributed by atoms with van der Waals surface area (Å²) in [5, 5.41) is 2.39. The fourth-order valence-corrected chi connectivity index (χ4v) is 1.52. The fraction of sp³-hybridized carbons (Fsp3) is 0.333. The molecule has 0 aromatic heterocycles. The molecule has 0 saturated carbocycles. The standard InChI is InChI=1S/C12H16FN3O2/c1-7-4-8(14)5-9(11(7)13)12(18)16(3)6-10(17)15-2/h4-5H,6,14H2,1-3H3,(H,15,17). The minimum atomic E-state index is -0.613. The number of hydrogen-bond donors (Lipinski definition) is 2. The molecular formula is C12H16FN3O2. The minimum absolute atomic E-state index is 0.126. The number of nitrogen functional groups attached to an aromatic ring is 1. The largest absolute Gasteiger partial charge is 0.399 e. The van der Waals surface area contributed by atoms with Gasteiger partial charge in [0.15, 0.2) is 0 Å². The summed E-state index contributed by atoms with van der Waals surface area (Å²) >= 11 is 0. The second kappa shape index (κ2) is 5.48. The van der Waals surface area contributed by atoms with E-state index in [1.165, 1.54) is 33.2 Å². The van der Waals surface area contributed by atoms with Gasteiger partial charge in [0, 0.05) is 19.8 Å². The predicted octanol–water partition coefficient (Wildman–Crippen LogP) is 0.534. The normalized spacial score (nSPS) is 10.0. The summed E-state index contributed by atoms with van der Waals surface area (Å²) in [6.45, 7) is 1.39. The van der Waals surface area contributed by atoms with Crippen LogP contribution in [0.25, 0.3) is 0 Å². The van der Waals surface area contributed by atoms with E-state index < -0.39 is 11.7 Å². The third-order valence-corrected chi connectivity index (χ3v) is 2.51. The van der Waals surface area contributed by atoms with Gasteiger partial charge in [-0.2, -0.15) is 0 Å². The number of nitrogens with one attached hydrogen (secondary N) is 1. The van der Waals surface area contributed by atoms with Gasteiger partial charge in [-0.1, -0.05) is 0 Å². The van der Waals surface area contributed by atoms with E-state index in [0.29, 0.717) is 11.3 Å². The molecule has 98 valence electrons. The van der Waals surface area contributed by atoms with Crippen LogP contribution in [0.2, 0.25) is 0 Å². The molecule has 1 aromatic rings. The van der Waals surface area contributed by atoms with E-state index in [2.05, 4.69) is 5.32 Å². The smallest absolute Gasteiger partial charge is 0.257 e. The maximum Gasteiger partial charge on any atom is 0.257 e. The summed E-state index contributed by atoms with van der Waals surface area (Å²) in [5.41, 5.74) is 6.06. The summed E-state index contributed by atoms with van der Waals surface area (Å²) in [7, 11) is 2.89. The summed E-state index contributed by atoms with van der Waals surface area (Å²) in [4.78, 5) is 24.3. The first-order chi connectivity index (χ1) is 8.36. The number of nitrogens with two attached hydrogens (primary N) is 1. The Morgan fingerprint density at radius 3 is 2.61 bits per heavy atom. The first kappa shape index (κ1) is 14.0. The molecule has 0 heterocycles. The lowest BCUT2D eigenvalue weighted by molar-refractivity contribution is -0.121. The van der Waals surface area contributed by atoms with Gasteiger partial charge >= 0.3 is 0 Å². The number of carbonyl (C=O) groups excluding carboxylic acids is 2. The van der Waals surface area contributed by atoms with E-state index in [1.54, 1.807) is 0 Å². The van der Waals surface area contributed by atoms with E-state index in [-0.39, 0.29) is 18.0 Å². The van der Waals surface area contributed by atoms with E-state index in [9.17, 15) is 14.0 Å². The highest BCUT2D eigenvalue weighted by Crippen LogP contribution is 2.18. The van der Waals surface area contributed by atoms with E-state index in [1.807, 2.05) is 0 Å². The quantitative estimate of drug-likeness (QED) is 0.772. The Morgan fingerprint density at radius 2 is 2.06 bits per heavy atom. The zero-order valence-electron chi connectivity index (χ0n) is 10.6. The van der Waals surface area contributed by atoms with Crippen LogP contribution >= 0.6 is 0 Å². The lowest BCUT2D eigenvalue weighted by atomic mass is 10.1. The molecule has 5 nitrogen and oxygen atoms in total. The molecule has 18 heavy (non-hydrogen) atoms. The Bertz CT molecular complexity index is 488. The molecule has 0 aliphatic carbocycles. The highest BCUT2D eigenvalue weighted by atomic mass is 19.1. The number of aryl methyl sites for hydroxylation is 1. The molecule has 1 aromatic carbocycles. The van der Waals surface area contributed by atoms with Gasteiger partial charge in [0.1, 0.15) is 5.82 Å². The Hall–Kier alpha value is -2.11. The summed E-state index contributed by atoms with van der Waals surface area (Å²) < 4.78 is 13.8. The van der Waals surface area contributed by atoms with Gasteiger partial charge in [-0.05, 0) is 24.6 Å². The van der Waals surface area contributed by atoms with Crippen molar-refractivity contribution >= 4 is 17.5 Å². The van der Waals surface area contributed by atoms with Crippen LogP contribution in [0.4, 0.5) is 10.1 Å². The van der Waals surface area contributed by atoms with Crippen molar-refractivity contribution < 1.29 is 14.0 Å². The van der Waals surface area contributed by atoms with Gasteiger partial charge in [-0.15, -0.1) is 0 Å². The highest BCUT2D eigenvalue weighted by Gasteiger charge is 2.19. The third kappa shape index (κ3) is 2.97. The van der Waals surface area contributed by atoms with Crippen molar-refractivity contribution in [2.75, 3.05) is 26.4 Å². The highest BCUT2D eigenvalue weighted by molar-refractivity contribution is 5.97. The molecular weight excluding hydrogens is 237 g/mol. The molecule has 0 saturated heterocycles. The van der Waals surface area contributed by atoms with Crippen LogP contribution in [0, 0.1) is 12.7 Å². The second-order valence-electron chi connectivity index (χ2n) is 4.03. The van der Waals surface area contributed by atoms with Crippen LogP contribution in [0.3, 0.4) is 0 Å². The van der Waals surface area contributed by atoms with Crippen molar-refractivity contribution in [3.63, 3.8) is 0 Å². The number of halogens is 1. The van der Waals surface area contributed by atoms with E-state index >= 15 is 0 Å². The van der Waals surface area contributed by atoms with E-state index in [0.717, 1.165) is 4.90 Å².